The highest BCUT2D eigenvalue weighted by atomic mass is 16.5. The number of methoxy groups -OCH3 is 1. The molecule has 0 saturated carbocycles. The summed E-state index contributed by atoms with van der Waals surface area (Å²) in [6.07, 6.45) is 3.08. The highest BCUT2D eigenvalue weighted by molar-refractivity contribution is 5.75. The van der Waals surface area contributed by atoms with Crippen LogP contribution in [0.15, 0.2) is 31.0 Å². The molecule has 0 bridgehead atoms. The molecule has 5 heteroatoms. The Morgan fingerprint density at radius 2 is 2.50 bits per heavy atom. The molecule has 5 nitrogen and oxygen atoms in total. The zero-order valence-corrected chi connectivity index (χ0v) is 9.01. The van der Waals surface area contributed by atoms with Crippen LogP contribution in [0.5, 0.6) is 5.88 Å². The molecular formula is C11H14N2O3. The van der Waals surface area contributed by atoms with E-state index in [2.05, 4.69) is 16.9 Å². The molecule has 1 aromatic rings. The van der Waals surface area contributed by atoms with Gasteiger partial charge < -0.3 is 9.84 Å². The van der Waals surface area contributed by atoms with Crippen LogP contribution in [0.2, 0.25) is 0 Å². The Kier molecular flexibility index (Phi) is 4.47. The van der Waals surface area contributed by atoms with E-state index < -0.39 is 12.0 Å². The fourth-order valence-corrected chi connectivity index (χ4v) is 1.23. The summed E-state index contributed by atoms with van der Waals surface area (Å²) in [5, 5.41) is 11.8. The predicted molar refractivity (Wildman–Crippen MR) is 59.4 cm³/mol. The van der Waals surface area contributed by atoms with Gasteiger partial charge in [-0.15, -0.1) is 6.58 Å². The van der Waals surface area contributed by atoms with E-state index in [9.17, 15) is 4.79 Å². The first kappa shape index (κ1) is 12.2. The third-order valence-corrected chi connectivity index (χ3v) is 2.01. The van der Waals surface area contributed by atoms with Gasteiger partial charge in [0.2, 0.25) is 5.88 Å². The Bertz CT molecular complexity index is 362. The standard InChI is InChI=1S/C11H14N2O3/c1-3-6-12-10(11(14)15)8-4-5-9(16-2)13-7-8/h3-5,7,10,12H,1,6H2,2H3,(H,14,15). The third-order valence-electron chi connectivity index (χ3n) is 2.01. The zero-order valence-electron chi connectivity index (χ0n) is 9.01. The van der Waals surface area contributed by atoms with E-state index in [0.717, 1.165) is 0 Å². The van der Waals surface area contributed by atoms with Gasteiger partial charge in [0.25, 0.3) is 0 Å². The van der Waals surface area contributed by atoms with Gasteiger partial charge in [-0.25, -0.2) is 4.98 Å². The van der Waals surface area contributed by atoms with E-state index in [0.29, 0.717) is 18.0 Å². The number of carboxylic acid groups (broad SMARTS) is 1. The number of pyridine rings is 1. The zero-order chi connectivity index (χ0) is 12.0. The fraction of sp³-hybridized carbons (Fsp3) is 0.273. The summed E-state index contributed by atoms with van der Waals surface area (Å²) in [5.74, 6) is -0.495. The Labute approximate surface area is 93.8 Å². The maximum absolute atomic E-state index is 11.0. The van der Waals surface area contributed by atoms with Gasteiger partial charge in [-0.1, -0.05) is 6.08 Å². The second kappa shape index (κ2) is 5.87. The van der Waals surface area contributed by atoms with Crippen LogP contribution in [0.4, 0.5) is 0 Å². The number of hydrogen-bond acceptors (Lipinski definition) is 4. The van der Waals surface area contributed by atoms with Crippen molar-refractivity contribution in [3.8, 4) is 5.88 Å². The highest BCUT2D eigenvalue weighted by Crippen LogP contribution is 2.14. The molecule has 1 aromatic heterocycles. The van der Waals surface area contributed by atoms with Crippen LogP contribution >= 0.6 is 0 Å². The first-order valence-corrected chi connectivity index (χ1v) is 4.76. The normalized spacial score (nSPS) is 11.8. The topological polar surface area (TPSA) is 71.5 Å². The van der Waals surface area contributed by atoms with E-state index in [-0.39, 0.29) is 0 Å². The van der Waals surface area contributed by atoms with Gasteiger partial charge in [-0.3, -0.25) is 10.1 Å². The third kappa shape index (κ3) is 3.06. The Morgan fingerprint density at radius 1 is 1.75 bits per heavy atom. The lowest BCUT2D eigenvalue weighted by atomic mass is 10.1. The Balaban J connectivity index is 2.83. The first-order chi connectivity index (χ1) is 7.69. The Morgan fingerprint density at radius 3 is 2.94 bits per heavy atom. The number of aromatic nitrogens is 1. The first-order valence-electron chi connectivity index (χ1n) is 4.76. The lowest BCUT2D eigenvalue weighted by Crippen LogP contribution is -2.28. The summed E-state index contributed by atoms with van der Waals surface area (Å²) < 4.78 is 4.90. The van der Waals surface area contributed by atoms with Crippen LogP contribution in [0.3, 0.4) is 0 Å². The summed E-state index contributed by atoms with van der Waals surface area (Å²) in [6, 6.07) is 2.51. The van der Waals surface area contributed by atoms with Crippen LogP contribution in [0.25, 0.3) is 0 Å². The van der Waals surface area contributed by atoms with Gasteiger partial charge in [0.15, 0.2) is 0 Å². The van der Waals surface area contributed by atoms with Crippen molar-refractivity contribution in [1.82, 2.24) is 10.3 Å². The highest BCUT2D eigenvalue weighted by Gasteiger charge is 2.18. The number of ether oxygens (including phenoxy) is 1. The molecule has 1 unspecified atom stereocenters. The Hall–Kier alpha value is -1.88. The van der Waals surface area contributed by atoms with Crippen LogP contribution in [0.1, 0.15) is 11.6 Å². The monoisotopic (exact) mass is 222 g/mol. The number of carbonyl (C=O) groups is 1. The molecule has 0 spiro atoms. The average molecular weight is 222 g/mol. The molecule has 0 saturated heterocycles. The van der Waals surface area contributed by atoms with Crippen molar-refractivity contribution in [2.24, 2.45) is 0 Å². The summed E-state index contributed by atoms with van der Waals surface area (Å²) in [5.41, 5.74) is 0.579. The number of hydrogen-bond donors (Lipinski definition) is 2. The average Bonchev–Trinajstić information content (AvgIpc) is 2.30. The fourth-order valence-electron chi connectivity index (χ4n) is 1.23. The van der Waals surface area contributed by atoms with Gasteiger partial charge in [0.05, 0.1) is 7.11 Å². The molecule has 0 aromatic carbocycles. The van der Waals surface area contributed by atoms with Gasteiger partial charge in [0, 0.05) is 18.8 Å². The smallest absolute Gasteiger partial charge is 0.325 e. The number of nitrogens with one attached hydrogen (secondary N) is 1. The summed E-state index contributed by atoms with van der Waals surface area (Å²) in [4.78, 5) is 15.0. The molecule has 86 valence electrons. The number of rotatable bonds is 6. The van der Waals surface area contributed by atoms with Crippen LogP contribution in [-0.2, 0) is 4.79 Å². The summed E-state index contributed by atoms with van der Waals surface area (Å²) >= 11 is 0. The summed E-state index contributed by atoms with van der Waals surface area (Å²) in [6.45, 7) is 3.94. The predicted octanol–water partition coefficient (Wildman–Crippen LogP) is 0.991. The van der Waals surface area contributed by atoms with Gasteiger partial charge >= 0.3 is 5.97 Å². The van der Waals surface area contributed by atoms with Gasteiger partial charge in [0.1, 0.15) is 6.04 Å². The molecule has 0 radical (unpaired) electrons. The van der Waals surface area contributed by atoms with Crippen LogP contribution < -0.4 is 10.1 Å². The van der Waals surface area contributed by atoms with Crippen molar-refractivity contribution in [3.05, 3.63) is 36.5 Å². The molecular weight excluding hydrogens is 208 g/mol. The number of aliphatic carboxylic acids is 1. The molecule has 0 aliphatic carbocycles. The minimum Gasteiger partial charge on any atom is -0.481 e. The number of carboxylic acids is 1. The SMILES string of the molecule is C=CCNC(C(=O)O)c1ccc(OC)nc1. The second-order valence-corrected chi connectivity index (χ2v) is 3.10. The number of nitrogens with zero attached hydrogens (tertiary/aromatic N) is 1. The molecule has 2 N–H and O–H groups in total. The van der Waals surface area contributed by atoms with Crippen molar-refractivity contribution in [2.45, 2.75) is 6.04 Å². The molecule has 0 amide bonds. The van der Waals surface area contributed by atoms with E-state index in [1.165, 1.54) is 13.3 Å². The van der Waals surface area contributed by atoms with E-state index >= 15 is 0 Å². The van der Waals surface area contributed by atoms with Crippen molar-refractivity contribution >= 4 is 5.97 Å². The van der Waals surface area contributed by atoms with Crippen LogP contribution in [-0.4, -0.2) is 29.7 Å². The molecule has 1 heterocycles. The lowest BCUT2D eigenvalue weighted by molar-refractivity contribution is -0.139. The lowest BCUT2D eigenvalue weighted by Gasteiger charge is -2.13. The molecule has 1 rings (SSSR count). The maximum atomic E-state index is 11.0. The maximum Gasteiger partial charge on any atom is 0.325 e. The molecule has 1 atom stereocenters. The molecule has 0 aliphatic rings. The van der Waals surface area contributed by atoms with Crippen molar-refractivity contribution in [1.29, 1.82) is 0 Å². The van der Waals surface area contributed by atoms with Crippen LogP contribution in [0, 0.1) is 0 Å². The van der Waals surface area contributed by atoms with Crippen molar-refractivity contribution < 1.29 is 14.6 Å². The van der Waals surface area contributed by atoms with Crippen molar-refractivity contribution in [3.63, 3.8) is 0 Å². The molecule has 0 aliphatic heterocycles. The minimum absolute atomic E-state index is 0.420. The molecule has 16 heavy (non-hydrogen) atoms. The van der Waals surface area contributed by atoms with E-state index in [4.69, 9.17) is 9.84 Å². The largest absolute Gasteiger partial charge is 0.481 e. The second-order valence-electron chi connectivity index (χ2n) is 3.10. The van der Waals surface area contributed by atoms with E-state index in [1.54, 1.807) is 18.2 Å². The van der Waals surface area contributed by atoms with Gasteiger partial charge in [-0.2, -0.15) is 0 Å². The minimum atomic E-state index is -0.950. The quantitative estimate of drug-likeness (QED) is 0.702. The molecule has 0 fully saturated rings. The van der Waals surface area contributed by atoms with Crippen molar-refractivity contribution in [2.75, 3.05) is 13.7 Å². The van der Waals surface area contributed by atoms with E-state index in [1.807, 2.05) is 0 Å². The summed E-state index contributed by atoms with van der Waals surface area (Å²) in [7, 11) is 1.51. The van der Waals surface area contributed by atoms with Gasteiger partial charge in [-0.05, 0) is 11.6 Å².